The number of rotatable bonds is 3. The number of hydrogen-bond acceptors (Lipinski definition) is 2. The maximum Gasteiger partial charge on any atom is 0.339 e. The van der Waals surface area contributed by atoms with Crippen LogP contribution in [0.2, 0.25) is 0 Å². The Hall–Kier alpha value is -1.46. The van der Waals surface area contributed by atoms with Crippen LogP contribution in [0.25, 0.3) is 0 Å². The number of halogens is 2. The van der Waals surface area contributed by atoms with Gasteiger partial charge in [0.15, 0.2) is 0 Å². The number of carbonyl (C=O) groups is 1. The maximum absolute atomic E-state index is 12.0. The molecule has 0 aromatic carbocycles. The smallest absolute Gasteiger partial charge is 0.339 e. The molecule has 0 bridgehead atoms. The summed E-state index contributed by atoms with van der Waals surface area (Å²) in [7, 11) is 0. The summed E-state index contributed by atoms with van der Waals surface area (Å²) >= 11 is 0. The van der Waals surface area contributed by atoms with Crippen molar-refractivity contribution in [1.29, 1.82) is 0 Å². The highest BCUT2D eigenvalue weighted by Gasteiger charge is 2.19. The molecule has 0 aliphatic heterocycles. The van der Waals surface area contributed by atoms with Gasteiger partial charge in [-0.1, -0.05) is 0 Å². The predicted molar refractivity (Wildman–Crippen MR) is 44.7 cm³/mol. The van der Waals surface area contributed by atoms with Crippen molar-refractivity contribution in [3.05, 3.63) is 17.0 Å². The molecule has 0 saturated carbocycles. The largest absolute Gasteiger partial charge is 0.478 e. The molecule has 0 radical (unpaired) electrons. The lowest BCUT2D eigenvalue weighted by molar-refractivity contribution is 0.0694. The molecule has 0 aliphatic carbocycles. The molecule has 6 heteroatoms. The van der Waals surface area contributed by atoms with Gasteiger partial charge in [0.25, 0.3) is 6.43 Å². The first-order valence-corrected chi connectivity index (χ1v) is 3.99. The van der Waals surface area contributed by atoms with Crippen LogP contribution in [0, 0.1) is 13.8 Å². The number of aryl methyl sites for hydroxylation is 1. The van der Waals surface area contributed by atoms with Crippen molar-refractivity contribution in [2.24, 2.45) is 0 Å². The number of alkyl halides is 2. The van der Waals surface area contributed by atoms with Gasteiger partial charge in [0.05, 0.1) is 11.4 Å². The van der Waals surface area contributed by atoms with Gasteiger partial charge in [0.1, 0.15) is 12.1 Å². The SMILES string of the molecule is Cc1nn(CC(F)F)c(C)c1C(=O)O. The normalized spacial score (nSPS) is 10.9. The maximum atomic E-state index is 12.0. The molecule has 4 nitrogen and oxygen atoms in total. The third-order valence-corrected chi connectivity index (χ3v) is 1.91. The van der Waals surface area contributed by atoms with Crippen molar-refractivity contribution in [3.8, 4) is 0 Å². The average molecular weight is 204 g/mol. The molecule has 0 fully saturated rings. The minimum absolute atomic E-state index is 0.00523. The van der Waals surface area contributed by atoms with Gasteiger partial charge < -0.3 is 5.11 Å². The van der Waals surface area contributed by atoms with Gasteiger partial charge in [-0.25, -0.2) is 13.6 Å². The molecule has 78 valence electrons. The Bertz CT molecular complexity index is 360. The van der Waals surface area contributed by atoms with Crippen molar-refractivity contribution in [1.82, 2.24) is 9.78 Å². The van der Waals surface area contributed by atoms with Gasteiger partial charge in [0.2, 0.25) is 0 Å². The third kappa shape index (κ3) is 1.89. The third-order valence-electron chi connectivity index (χ3n) is 1.91. The molecule has 1 aromatic rings. The summed E-state index contributed by atoms with van der Waals surface area (Å²) < 4.78 is 25.1. The van der Waals surface area contributed by atoms with Crippen molar-refractivity contribution in [3.63, 3.8) is 0 Å². The van der Waals surface area contributed by atoms with Crippen LogP contribution in [0.15, 0.2) is 0 Å². The number of hydrogen-bond donors (Lipinski definition) is 1. The second-order valence-corrected chi connectivity index (χ2v) is 2.92. The van der Waals surface area contributed by atoms with E-state index in [2.05, 4.69) is 5.10 Å². The Balaban J connectivity index is 3.10. The molecule has 0 spiro atoms. The van der Waals surface area contributed by atoms with Crippen LogP contribution < -0.4 is 0 Å². The van der Waals surface area contributed by atoms with Gasteiger partial charge in [-0.05, 0) is 13.8 Å². The molecule has 1 heterocycles. The second-order valence-electron chi connectivity index (χ2n) is 2.92. The summed E-state index contributed by atoms with van der Waals surface area (Å²) in [6, 6.07) is 0. The summed E-state index contributed by atoms with van der Waals surface area (Å²) in [6.45, 7) is 2.38. The Morgan fingerprint density at radius 3 is 2.50 bits per heavy atom. The Morgan fingerprint density at radius 1 is 1.57 bits per heavy atom. The molecule has 14 heavy (non-hydrogen) atoms. The molecule has 0 unspecified atom stereocenters. The molecule has 0 atom stereocenters. The number of carboxylic acids is 1. The Kier molecular flexibility index (Phi) is 2.83. The summed E-state index contributed by atoms with van der Waals surface area (Å²) in [5.74, 6) is -1.14. The van der Waals surface area contributed by atoms with Crippen LogP contribution in [-0.2, 0) is 6.54 Å². The zero-order valence-electron chi connectivity index (χ0n) is 7.79. The highest BCUT2D eigenvalue weighted by atomic mass is 19.3. The second kappa shape index (κ2) is 3.73. The van der Waals surface area contributed by atoms with Crippen LogP contribution >= 0.6 is 0 Å². The standard InChI is InChI=1S/C8H10F2N2O2/c1-4-7(8(13)14)5(2)12(11-4)3-6(9)10/h6H,3H2,1-2H3,(H,13,14). The van der Waals surface area contributed by atoms with E-state index >= 15 is 0 Å². The van der Waals surface area contributed by atoms with E-state index in [1.807, 2.05) is 0 Å². The molecule has 1 aromatic heterocycles. The van der Waals surface area contributed by atoms with E-state index in [0.29, 0.717) is 0 Å². The van der Waals surface area contributed by atoms with Crippen LogP contribution in [0.4, 0.5) is 8.78 Å². The molecular formula is C8H10F2N2O2. The van der Waals surface area contributed by atoms with Crippen LogP contribution in [0.5, 0.6) is 0 Å². The lowest BCUT2D eigenvalue weighted by atomic mass is 10.2. The number of nitrogens with zero attached hydrogens (tertiary/aromatic N) is 2. The number of aromatic carboxylic acids is 1. The zero-order valence-corrected chi connectivity index (χ0v) is 7.79. The predicted octanol–water partition coefficient (Wildman–Crippen LogP) is 1.46. The molecule has 0 amide bonds. The van der Waals surface area contributed by atoms with Crippen molar-refractivity contribution < 1.29 is 18.7 Å². The van der Waals surface area contributed by atoms with Crippen LogP contribution in [-0.4, -0.2) is 27.3 Å². The van der Waals surface area contributed by atoms with Gasteiger partial charge >= 0.3 is 5.97 Å². The van der Waals surface area contributed by atoms with Crippen molar-refractivity contribution >= 4 is 5.97 Å². The molecule has 1 N–H and O–H groups in total. The Morgan fingerprint density at radius 2 is 2.14 bits per heavy atom. The summed E-state index contributed by atoms with van der Waals surface area (Å²) in [4.78, 5) is 10.7. The summed E-state index contributed by atoms with van der Waals surface area (Å²) in [5.41, 5.74) is 0.525. The summed E-state index contributed by atoms with van der Waals surface area (Å²) in [5, 5.41) is 12.5. The lowest BCUT2D eigenvalue weighted by Crippen LogP contribution is -2.10. The van der Waals surface area contributed by atoms with E-state index in [1.165, 1.54) is 13.8 Å². The van der Waals surface area contributed by atoms with Gasteiger partial charge in [-0.15, -0.1) is 0 Å². The van der Waals surface area contributed by atoms with Gasteiger partial charge in [-0.3, -0.25) is 4.68 Å². The zero-order chi connectivity index (χ0) is 10.9. The fourth-order valence-electron chi connectivity index (χ4n) is 1.31. The fraction of sp³-hybridized carbons (Fsp3) is 0.500. The molecular weight excluding hydrogens is 194 g/mol. The molecule has 0 aliphatic rings. The van der Waals surface area contributed by atoms with E-state index in [-0.39, 0.29) is 17.0 Å². The van der Waals surface area contributed by atoms with Crippen molar-refractivity contribution in [2.45, 2.75) is 26.8 Å². The first kappa shape index (κ1) is 10.6. The molecule has 1 rings (SSSR count). The average Bonchev–Trinajstić information content (AvgIpc) is 2.25. The van der Waals surface area contributed by atoms with Crippen molar-refractivity contribution in [2.75, 3.05) is 0 Å². The highest BCUT2D eigenvalue weighted by Crippen LogP contribution is 2.13. The fourth-order valence-corrected chi connectivity index (χ4v) is 1.31. The molecule has 0 saturated heterocycles. The number of aromatic nitrogens is 2. The minimum Gasteiger partial charge on any atom is -0.478 e. The number of carboxylic acid groups (broad SMARTS) is 1. The van der Waals surface area contributed by atoms with Gasteiger partial charge in [-0.2, -0.15) is 5.10 Å². The quantitative estimate of drug-likeness (QED) is 0.810. The monoisotopic (exact) mass is 204 g/mol. The van der Waals surface area contributed by atoms with E-state index in [0.717, 1.165) is 4.68 Å². The van der Waals surface area contributed by atoms with Gasteiger partial charge in [0, 0.05) is 0 Å². The van der Waals surface area contributed by atoms with E-state index < -0.39 is 18.9 Å². The topological polar surface area (TPSA) is 55.1 Å². The van der Waals surface area contributed by atoms with Crippen LogP contribution in [0.1, 0.15) is 21.7 Å². The lowest BCUT2D eigenvalue weighted by Gasteiger charge is -2.02. The first-order valence-electron chi connectivity index (χ1n) is 3.99. The van der Waals surface area contributed by atoms with E-state index in [4.69, 9.17) is 5.11 Å². The first-order chi connectivity index (χ1) is 6.43. The minimum atomic E-state index is -2.53. The highest BCUT2D eigenvalue weighted by molar-refractivity contribution is 5.90. The van der Waals surface area contributed by atoms with E-state index in [9.17, 15) is 13.6 Å². The summed E-state index contributed by atoms with van der Waals surface area (Å²) in [6.07, 6.45) is -2.53. The Labute approximate surface area is 79.2 Å². The van der Waals surface area contributed by atoms with E-state index in [1.54, 1.807) is 0 Å². The van der Waals surface area contributed by atoms with Crippen LogP contribution in [0.3, 0.4) is 0 Å².